The molecule has 7 heteroatoms. The first-order valence-corrected chi connectivity index (χ1v) is 8.05. The quantitative estimate of drug-likeness (QED) is 0.845. The van der Waals surface area contributed by atoms with Crippen LogP contribution in [0.3, 0.4) is 0 Å². The maximum Gasteiger partial charge on any atom is 0.269 e. The standard InChI is InChI=1S/C16H20N6O/c1-22-15-11(14(21-22)16(17)23)3-2-10-8-19-12(20-13(10)15)6-9-4-5-18-7-9/h8-9,18H,2-7H2,1H3,(H2,17,23). The summed E-state index contributed by atoms with van der Waals surface area (Å²) < 4.78 is 1.72. The van der Waals surface area contributed by atoms with E-state index in [1.165, 1.54) is 6.42 Å². The van der Waals surface area contributed by atoms with Crippen LogP contribution in [0.25, 0.3) is 11.4 Å². The average molecular weight is 312 g/mol. The van der Waals surface area contributed by atoms with Crippen molar-refractivity contribution in [3.63, 3.8) is 0 Å². The lowest BCUT2D eigenvalue weighted by Gasteiger charge is -2.17. The third-order valence-electron chi connectivity index (χ3n) is 4.80. The van der Waals surface area contributed by atoms with E-state index in [0.29, 0.717) is 11.6 Å². The Morgan fingerprint density at radius 3 is 3.09 bits per heavy atom. The highest BCUT2D eigenvalue weighted by Gasteiger charge is 2.28. The van der Waals surface area contributed by atoms with Crippen LogP contribution < -0.4 is 11.1 Å². The highest BCUT2D eigenvalue weighted by atomic mass is 16.1. The number of carbonyl (C=O) groups is 1. The number of nitrogens with zero attached hydrogens (tertiary/aromatic N) is 4. The van der Waals surface area contributed by atoms with Gasteiger partial charge in [-0.3, -0.25) is 9.48 Å². The van der Waals surface area contributed by atoms with Crippen molar-refractivity contribution in [2.45, 2.75) is 25.7 Å². The number of aromatic nitrogens is 4. The van der Waals surface area contributed by atoms with Crippen molar-refractivity contribution in [3.05, 3.63) is 28.8 Å². The van der Waals surface area contributed by atoms with E-state index in [4.69, 9.17) is 10.7 Å². The highest BCUT2D eigenvalue weighted by molar-refractivity contribution is 5.94. The fraction of sp³-hybridized carbons (Fsp3) is 0.500. The van der Waals surface area contributed by atoms with E-state index < -0.39 is 5.91 Å². The number of aryl methyl sites for hydroxylation is 2. The van der Waals surface area contributed by atoms with Crippen LogP contribution in [0.15, 0.2) is 6.20 Å². The molecule has 1 amide bonds. The molecule has 2 aromatic heterocycles. The van der Waals surface area contributed by atoms with Crippen LogP contribution in [0.4, 0.5) is 0 Å². The van der Waals surface area contributed by atoms with Crippen molar-refractivity contribution in [3.8, 4) is 11.4 Å². The van der Waals surface area contributed by atoms with Crippen molar-refractivity contribution in [2.75, 3.05) is 13.1 Å². The summed E-state index contributed by atoms with van der Waals surface area (Å²) in [6.07, 6.45) is 5.56. The minimum absolute atomic E-state index is 0.369. The summed E-state index contributed by atoms with van der Waals surface area (Å²) in [6, 6.07) is 0. The van der Waals surface area contributed by atoms with E-state index in [1.807, 2.05) is 13.2 Å². The Balaban J connectivity index is 1.75. The number of hydrogen-bond acceptors (Lipinski definition) is 5. The maximum absolute atomic E-state index is 11.6. The first kappa shape index (κ1) is 14.3. The van der Waals surface area contributed by atoms with Crippen LogP contribution in [0, 0.1) is 5.92 Å². The normalized spacial score (nSPS) is 19.4. The lowest BCUT2D eigenvalue weighted by atomic mass is 9.93. The molecule has 1 fully saturated rings. The van der Waals surface area contributed by atoms with Crippen LogP contribution in [0.2, 0.25) is 0 Å². The Hall–Kier alpha value is -2.28. The van der Waals surface area contributed by atoms with Gasteiger partial charge in [0.25, 0.3) is 5.91 Å². The van der Waals surface area contributed by atoms with Crippen LogP contribution in [0.1, 0.15) is 33.9 Å². The molecule has 2 aromatic rings. The molecule has 0 saturated carbocycles. The summed E-state index contributed by atoms with van der Waals surface area (Å²) in [6.45, 7) is 2.10. The lowest BCUT2D eigenvalue weighted by molar-refractivity contribution is 0.0994. The number of primary amides is 1. The Morgan fingerprint density at radius 2 is 2.35 bits per heavy atom. The Bertz CT molecular complexity index is 775. The molecule has 1 aliphatic carbocycles. The molecule has 0 aromatic carbocycles. The highest BCUT2D eigenvalue weighted by Crippen LogP contribution is 2.33. The Morgan fingerprint density at radius 1 is 1.48 bits per heavy atom. The molecule has 3 heterocycles. The van der Waals surface area contributed by atoms with E-state index in [0.717, 1.165) is 60.7 Å². The number of hydrogen-bond donors (Lipinski definition) is 2. The molecule has 4 rings (SSSR count). The molecule has 1 aliphatic heterocycles. The van der Waals surface area contributed by atoms with E-state index in [1.54, 1.807) is 4.68 Å². The van der Waals surface area contributed by atoms with Gasteiger partial charge in [0.05, 0.1) is 11.4 Å². The van der Waals surface area contributed by atoms with Gasteiger partial charge in [-0.25, -0.2) is 9.97 Å². The van der Waals surface area contributed by atoms with Gasteiger partial charge >= 0.3 is 0 Å². The molecule has 120 valence electrons. The maximum atomic E-state index is 11.6. The number of carbonyl (C=O) groups excluding carboxylic acids is 1. The zero-order chi connectivity index (χ0) is 16.0. The number of nitrogens with two attached hydrogens (primary N) is 1. The van der Waals surface area contributed by atoms with Crippen LogP contribution >= 0.6 is 0 Å². The molecule has 0 bridgehead atoms. The van der Waals surface area contributed by atoms with Gasteiger partial charge < -0.3 is 11.1 Å². The van der Waals surface area contributed by atoms with Crippen molar-refractivity contribution in [2.24, 2.45) is 18.7 Å². The molecule has 23 heavy (non-hydrogen) atoms. The van der Waals surface area contributed by atoms with Crippen molar-refractivity contribution in [1.29, 1.82) is 0 Å². The number of amides is 1. The van der Waals surface area contributed by atoms with Crippen molar-refractivity contribution in [1.82, 2.24) is 25.1 Å². The summed E-state index contributed by atoms with van der Waals surface area (Å²) in [5.41, 5.74) is 9.67. The average Bonchev–Trinajstić information content (AvgIpc) is 3.15. The van der Waals surface area contributed by atoms with Gasteiger partial charge in [0, 0.05) is 25.2 Å². The van der Waals surface area contributed by atoms with Gasteiger partial charge in [-0.1, -0.05) is 0 Å². The first-order valence-electron chi connectivity index (χ1n) is 8.05. The van der Waals surface area contributed by atoms with Gasteiger partial charge in [-0.15, -0.1) is 0 Å². The second kappa shape index (κ2) is 5.42. The first-order chi connectivity index (χ1) is 11.1. The Labute approximate surface area is 134 Å². The SMILES string of the molecule is Cn1nc(C(N)=O)c2c1-c1nc(CC3CCNC3)ncc1CC2. The minimum Gasteiger partial charge on any atom is -0.364 e. The van der Waals surface area contributed by atoms with Gasteiger partial charge in [0.2, 0.25) is 0 Å². The van der Waals surface area contributed by atoms with Crippen molar-refractivity contribution < 1.29 is 4.79 Å². The molecular weight excluding hydrogens is 292 g/mol. The van der Waals surface area contributed by atoms with E-state index in [9.17, 15) is 4.79 Å². The number of rotatable bonds is 3. The van der Waals surface area contributed by atoms with E-state index >= 15 is 0 Å². The largest absolute Gasteiger partial charge is 0.364 e. The molecule has 1 saturated heterocycles. The summed E-state index contributed by atoms with van der Waals surface area (Å²) in [4.78, 5) is 20.9. The van der Waals surface area contributed by atoms with Gasteiger partial charge in [-0.2, -0.15) is 5.10 Å². The van der Waals surface area contributed by atoms with Crippen LogP contribution in [-0.4, -0.2) is 38.7 Å². The second-order valence-electron chi connectivity index (χ2n) is 6.39. The fourth-order valence-corrected chi connectivity index (χ4v) is 3.63. The predicted molar refractivity (Wildman–Crippen MR) is 84.8 cm³/mol. The number of nitrogens with one attached hydrogen (secondary N) is 1. The molecule has 7 nitrogen and oxygen atoms in total. The third-order valence-corrected chi connectivity index (χ3v) is 4.80. The van der Waals surface area contributed by atoms with Crippen LogP contribution in [-0.2, 0) is 26.3 Å². The molecule has 1 atom stereocenters. The molecule has 3 N–H and O–H groups in total. The van der Waals surface area contributed by atoms with E-state index in [-0.39, 0.29) is 0 Å². The molecule has 0 radical (unpaired) electrons. The summed E-state index contributed by atoms with van der Waals surface area (Å²) in [5, 5.41) is 7.67. The monoisotopic (exact) mass is 312 g/mol. The van der Waals surface area contributed by atoms with Crippen molar-refractivity contribution >= 4 is 5.91 Å². The third kappa shape index (κ3) is 2.41. The molecule has 2 aliphatic rings. The van der Waals surface area contributed by atoms with Gasteiger partial charge in [0.1, 0.15) is 5.82 Å². The van der Waals surface area contributed by atoms with E-state index in [2.05, 4.69) is 15.4 Å². The van der Waals surface area contributed by atoms with Gasteiger partial charge in [-0.05, 0) is 43.8 Å². The zero-order valence-electron chi connectivity index (χ0n) is 13.2. The lowest BCUT2D eigenvalue weighted by Crippen LogP contribution is -2.16. The zero-order valence-corrected chi connectivity index (χ0v) is 13.2. The summed E-state index contributed by atoms with van der Waals surface area (Å²) in [7, 11) is 1.84. The summed E-state index contributed by atoms with van der Waals surface area (Å²) in [5.74, 6) is 0.993. The minimum atomic E-state index is -0.475. The second-order valence-corrected chi connectivity index (χ2v) is 6.39. The molecule has 1 unspecified atom stereocenters. The topological polar surface area (TPSA) is 98.7 Å². The summed E-state index contributed by atoms with van der Waals surface area (Å²) >= 11 is 0. The smallest absolute Gasteiger partial charge is 0.269 e. The molecular formula is C16H20N6O. The predicted octanol–water partition coefficient (Wildman–Crippen LogP) is 0.227. The Kier molecular flexibility index (Phi) is 3.37. The fourth-order valence-electron chi connectivity index (χ4n) is 3.63. The molecule has 0 spiro atoms. The van der Waals surface area contributed by atoms with Crippen LogP contribution in [0.5, 0.6) is 0 Å². The van der Waals surface area contributed by atoms with Gasteiger partial charge in [0.15, 0.2) is 5.69 Å². The number of fused-ring (bicyclic) bond motifs is 3.